The molecule has 0 N–H and O–H groups in total. The second-order valence-corrected chi connectivity index (χ2v) is 4.00. The fraction of sp³-hybridized carbons (Fsp3) is 0.700. The molecule has 0 aliphatic carbocycles. The Kier molecular flexibility index (Phi) is 4.15. The lowest BCUT2D eigenvalue weighted by Gasteiger charge is -2.17. The van der Waals surface area contributed by atoms with Crippen LogP contribution in [-0.4, -0.2) is 41.9 Å². The summed E-state index contributed by atoms with van der Waals surface area (Å²) in [6.07, 6.45) is -4.15. The molecule has 1 aromatic rings. The van der Waals surface area contributed by atoms with E-state index in [-0.39, 0.29) is 30.5 Å². The van der Waals surface area contributed by atoms with Crippen molar-refractivity contribution in [1.82, 2.24) is 10.1 Å². The van der Waals surface area contributed by atoms with Crippen LogP contribution >= 0.6 is 0 Å². The van der Waals surface area contributed by atoms with Gasteiger partial charge in [0.2, 0.25) is 5.89 Å². The zero-order chi connectivity index (χ0) is 13.9. The number of carbonyl (C=O) groups is 1. The summed E-state index contributed by atoms with van der Waals surface area (Å²) in [5.74, 6) is -0.705. The number of rotatable bonds is 4. The molecule has 1 atom stereocenters. The lowest BCUT2D eigenvalue weighted by Crippen LogP contribution is -2.25. The van der Waals surface area contributed by atoms with Crippen LogP contribution in [0.5, 0.6) is 0 Å². The summed E-state index contributed by atoms with van der Waals surface area (Å²) in [5, 5.41) is 3.46. The number of alkyl halides is 3. The van der Waals surface area contributed by atoms with Crippen molar-refractivity contribution in [3.8, 4) is 0 Å². The molecule has 0 radical (unpaired) electrons. The van der Waals surface area contributed by atoms with Crippen molar-refractivity contribution >= 4 is 5.78 Å². The first-order valence-corrected chi connectivity index (χ1v) is 5.53. The Morgan fingerprint density at radius 3 is 2.89 bits per heavy atom. The summed E-state index contributed by atoms with van der Waals surface area (Å²) in [6, 6.07) is 0. The number of ketones is 1. The van der Waals surface area contributed by atoms with Crippen LogP contribution in [-0.2, 0) is 20.9 Å². The lowest BCUT2D eigenvalue weighted by molar-refractivity contribution is -0.177. The van der Waals surface area contributed by atoms with Gasteiger partial charge in [-0.25, -0.2) is 0 Å². The van der Waals surface area contributed by atoms with Gasteiger partial charge < -0.3 is 14.0 Å². The molecular formula is C10H11F3N2O4. The molecule has 1 fully saturated rings. The standard InChI is InChI=1S/C10H11F3N2O4/c11-10(12,13)5-18-4-8-14-9(19-15-8)6-3-17-2-1-7(6)16/h6H,1-5H2. The average Bonchev–Trinajstić information content (AvgIpc) is 2.76. The van der Waals surface area contributed by atoms with Crippen molar-refractivity contribution in [2.45, 2.75) is 25.1 Å². The fourth-order valence-electron chi connectivity index (χ4n) is 1.58. The van der Waals surface area contributed by atoms with Crippen molar-refractivity contribution < 1.29 is 32.0 Å². The topological polar surface area (TPSA) is 74.5 Å². The fourth-order valence-corrected chi connectivity index (χ4v) is 1.58. The molecule has 0 amide bonds. The van der Waals surface area contributed by atoms with Crippen LogP contribution in [0.2, 0.25) is 0 Å². The normalized spacial score (nSPS) is 20.8. The molecule has 6 nitrogen and oxygen atoms in total. The van der Waals surface area contributed by atoms with Gasteiger partial charge in [-0.05, 0) is 0 Å². The van der Waals surface area contributed by atoms with E-state index >= 15 is 0 Å². The van der Waals surface area contributed by atoms with Crippen LogP contribution in [0.25, 0.3) is 0 Å². The SMILES string of the molecule is O=C1CCOCC1c1nc(COCC(F)(F)F)no1. The molecule has 0 aromatic carbocycles. The van der Waals surface area contributed by atoms with Gasteiger partial charge in [0.15, 0.2) is 5.82 Å². The minimum atomic E-state index is -4.40. The highest BCUT2D eigenvalue weighted by Crippen LogP contribution is 2.21. The molecule has 9 heteroatoms. The molecule has 19 heavy (non-hydrogen) atoms. The maximum Gasteiger partial charge on any atom is 0.411 e. The largest absolute Gasteiger partial charge is 0.411 e. The molecule has 0 spiro atoms. The highest BCUT2D eigenvalue weighted by atomic mass is 19.4. The Bertz CT molecular complexity index is 446. The first-order valence-electron chi connectivity index (χ1n) is 5.53. The van der Waals surface area contributed by atoms with Crippen LogP contribution in [0.15, 0.2) is 4.52 Å². The number of hydrogen-bond donors (Lipinski definition) is 0. The van der Waals surface area contributed by atoms with Crippen molar-refractivity contribution in [3.05, 3.63) is 11.7 Å². The maximum absolute atomic E-state index is 11.9. The van der Waals surface area contributed by atoms with Crippen LogP contribution in [0.3, 0.4) is 0 Å². The lowest BCUT2D eigenvalue weighted by atomic mass is 10.0. The van der Waals surface area contributed by atoms with Gasteiger partial charge in [-0.1, -0.05) is 5.16 Å². The Morgan fingerprint density at radius 2 is 2.21 bits per heavy atom. The van der Waals surface area contributed by atoms with E-state index in [4.69, 9.17) is 9.26 Å². The first kappa shape index (κ1) is 13.9. The molecule has 2 rings (SSSR count). The third kappa shape index (κ3) is 4.00. The van der Waals surface area contributed by atoms with Gasteiger partial charge in [-0.2, -0.15) is 18.2 Å². The molecule has 1 aromatic heterocycles. The molecule has 1 unspecified atom stereocenters. The zero-order valence-corrected chi connectivity index (χ0v) is 9.77. The molecule has 0 bridgehead atoms. The zero-order valence-electron chi connectivity index (χ0n) is 9.77. The number of carbonyl (C=O) groups excluding carboxylic acids is 1. The monoisotopic (exact) mass is 280 g/mol. The summed E-state index contributed by atoms with van der Waals surface area (Å²) in [5.41, 5.74) is 0. The summed E-state index contributed by atoms with van der Waals surface area (Å²) < 4.78 is 49.9. The predicted molar refractivity (Wildman–Crippen MR) is 53.2 cm³/mol. The summed E-state index contributed by atoms with van der Waals surface area (Å²) in [4.78, 5) is 15.4. The van der Waals surface area contributed by atoms with Crippen LogP contribution in [0, 0.1) is 0 Å². The van der Waals surface area contributed by atoms with E-state index in [2.05, 4.69) is 14.9 Å². The smallest absolute Gasteiger partial charge is 0.380 e. The highest BCUT2D eigenvalue weighted by Gasteiger charge is 2.30. The van der Waals surface area contributed by atoms with Gasteiger partial charge in [-0.3, -0.25) is 4.79 Å². The number of aromatic nitrogens is 2. The molecule has 2 heterocycles. The van der Waals surface area contributed by atoms with Gasteiger partial charge in [0.1, 0.15) is 24.9 Å². The maximum atomic E-state index is 11.9. The van der Waals surface area contributed by atoms with Gasteiger partial charge in [0, 0.05) is 6.42 Å². The molecule has 1 aliphatic heterocycles. The summed E-state index contributed by atoms with van der Waals surface area (Å²) in [6.45, 7) is -1.32. The third-order valence-corrected chi connectivity index (χ3v) is 2.44. The van der Waals surface area contributed by atoms with Gasteiger partial charge >= 0.3 is 6.18 Å². The summed E-state index contributed by atoms with van der Waals surface area (Å²) >= 11 is 0. The molecule has 1 saturated heterocycles. The highest BCUT2D eigenvalue weighted by molar-refractivity contribution is 5.85. The Balaban J connectivity index is 1.90. The van der Waals surface area contributed by atoms with Crippen molar-refractivity contribution in [1.29, 1.82) is 0 Å². The van der Waals surface area contributed by atoms with Crippen molar-refractivity contribution in [3.63, 3.8) is 0 Å². The van der Waals surface area contributed by atoms with E-state index in [1.165, 1.54) is 0 Å². The van der Waals surface area contributed by atoms with E-state index in [9.17, 15) is 18.0 Å². The molecular weight excluding hydrogens is 269 g/mol. The Labute approximate surface area is 105 Å². The van der Waals surface area contributed by atoms with Gasteiger partial charge in [0.25, 0.3) is 0 Å². The predicted octanol–water partition coefficient (Wildman–Crippen LogP) is 1.22. The minimum absolute atomic E-state index is 0.0300. The van der Waals surface area contributed by atoms with E-state index in [1.807, 2.05) is 0 Å². The molecule has 106 valence electrons. The Morgan fingerprint density at radius 1 is 1.42 bits per heavy atom. The van der Waals surface area contributed by atoms with E-state index in [1.54, 1.807) is 0 Å². The number of hydrogen-bond acceptors (Lipinski definition) is 6. The second-order valence-electron chi connectivity index (χ2n) is 4.00. The van der Waals surface area contributed by atoms with Crippen molar-refractivity contribution in [2.24, 2.45) is 0 Å². The van der Waals surface area contributed by atoms with E-state index in [0.717, 1.165) is 0 Å². The Hall–Kier alpha value is -1.48. The number of nitrogens with zero attached hydrogens (tertiary/aromatic N) is 2. The molecule has 1 aliphatic rings. The van der Waals surface area contributed by atoms with E-state index in [0.29, 0.717) is 6.61 Å². The first-order chi connectivity index (χ1) is 8.96. The van der Waals surface area contributed by atoms with Gasteiger partial charge in [0.05, 0.1) is 13.2 Å². The summed E-state index contributed by atoms with van der Waals surface area (Å²) in [7, 11) is 0. The minimum Gasteiger partial charge on any atom is -0.380 e. The van der Waals surface area contributed by atoms with Crippen LogP contribution in [0.4, 0.5) is 13.2 Å². The van der Waals surface area contributed by atoms with E-state index < -0.39 is 25.3 Å². The second kappa shape index (κ2) is 5.66. The number of Topliss-reactive ketones (excluding diaryl/α,β-unsaturated/α-hetero) is 1. The van der Waals surface area contributed by atoms with Crippen molar-refractivity contribution in [2.75, 3.05) is 19.8 Å². The average molecular weight is 280 g/mol. The van der Waals surface area contributed by atoms with Crippen LogP contribution < -0.4 is 0 Å². The third-order valence-electron chi connectivity index (χ3n) is 2.44. The molecule has 0 saturated carbocycles. The van der Waals surface area contributed by atoms with Crippen LogP contribution in [0.1, 0.15) is 24.1 Å². The number of halogens is 3. The van der Waals surface area contributed by atoms with Gasteiger partial charge in [-0.15, -0.1) is 0 Å². The number of ether oxygens (including phenoxy) is 2. The quantitative estimate of drug-likeness (QED) is 0.825.